The van der Waals surface area contributed by atoms with E-state index in [9.17, 15) is 14.9 Å². The molecule has 0 aliphatic rings. The van der Waals surface area contributed by atoms with E-state index in [2.05, 4.69) is 12.3 Å². The lowest BCUT2D eigenvalue weighted by Crippen LogP contribution is -2.18. The molecule has 0 aromatic heterocycles. The number of nitro groups is 1. The first-order valence-corrected chi connectivity index (χ1v) is 1.69. The van der Waals surface area contributed by atoms with E-state index in [0.29, 0.717) is 0 Å². The topological polar surface area (TPSA) is 86.2 Å². The molecule has 0 radical (unpaired) electrons. The molecule has 1 amide bonds. The van der Waals surface area contributed by atoms with E-state index in [0.717, 1.165) is 0 Å². The summed E-state index contributed by atoms with van der Waals surface area (Å²) in [6.45, 7) is 2.78. The summed E-state index contributed by atoms with van der Waals surface area (Å²) in [4.78, 5) is 18.4. The highest BCUT2D eigenvalue weighted by Gasteiger charge is 2.12. The number of amides is 1. The van der Waals surface area contributed by atoms with Crippen molar-refractivity contribution in [1.29, 1.82) is 0 Å². The Balaban J connectivity index is 4.05. The van der Waals surface area contributed by atoms with Gasteiger partial charge in [0.05, 0.1) is 4.92 Å². The number of carbonyl (C=O) groups excluding carboxylic acids is 1. The lowest BCUT2D eigenvalue weighted by atomic mass is 10.5. The molecule has 44 valence electrons. The minimum atomic E-state index is -1.10. The quantitative estimate of drug-likeness (QED) is 0.293. The summed E-state index contributed by atoms with van der Waals surface area (Å²) in [6.07, 6.45) is 0. The number of nitrogens with zero attached hydrogens (tertiary/aromatic N) is 1. The molecule has 0 fully saturated rings. The van der Waals surface area contributed by atoms with Gasteiger partial charge in [0.1, 0.15) is 0 Å². The smallest absolute Gasteiger partial charge is 0.326 e. The third-order valence-corrected chi connectivity index (χ3v) is 0.505. The molecular formula is C3H4N2O3. The van der Waals surface area contributed by atoms with E-state index in [1.165, 1.54) is 0 Å². The summed E-state index contributed by atoms with van der Waals surface area (Å²) in [5.41, 5.74) is 3.67. The lowest BCUT2D eigenvalue weighted by molar-refractivity contribution is -0.418. The van der Waals surface area contributed by atoms with Gasteiger partial charge in [-0.1, -0.05) is 0 Å². The number of carbonyl (C=O) groups is 1. The summed E-state index contributed by atoms with van der Waals surface area (Å²) in [6, 6.07) is 0. The molecule has 0 aromatic rings. The first-order valence-electron chi connectivity index (χ1n) is 1.69. The second-order valence-electron chi connectivity index (χ2n) is 1.07. The van der Waals surface area contributed by atoms with Gasteiger partial charge in [-0.15, -0.1) is 0 Å². The van der Waals surface area contributed by atoms with Crippen LogP contribution < -0.4 is 5.73 Å². The highest BCUT2D eigenvalue weighted by molar-refractivity contribution is 5.88. The van der Waals surface area contributed by atoms with Gasteiger partial charge in [-0.25, -0.2) is 0 Å². The van der Waals surface area contributed by atoms with Crippen molar-refractivity contribution >= 4 is 5.91 Å². The van der Waals surface area contributed by atoms with Crippen molar-refractivity contribution in [2.75, 3.05) is 0 Å². The van der Waals surface area contributed by atoms with Gasteiger partial charge in [0, 0.05) is 0 Å². The van der Waals surface area contributed by atoms with Gasteiger partial charge in [0.25, 0.3) is 0 Å². The fourth-order valence-electron chi connectivity index (χ4n) is 0.0900. The van der Waals surface area contributed by atoms with E-state index in [1.54, 1.807) is 0 Å². The zero-order chi connectivity index (χ0) is 6.73. The Kier molecular flexibility index (Phi) is 1.70. The molecular weight excluding hydrogens is 112 g/mol. The Hall–Kier alpha value is -1.39. The zero-order valence-electron chi connectivity index (χ0n) is 3.96. The summed E-state index contributed by atoms with van der Waals surface area (Å²) in [7, 11) is 0. The SMILES string of the molecule is C=C(C(N)=O)[N+](=O)[O-]. The van der Waals surface area contributed by atoms with Crippen LogP contribution in [0, 0.1) is 10.1 Å². The molecule has 0 atom stereocenters. The minimum absolute atomic E-state index is 0.787. The first kappa shape index (κ1) is 6.61. The van der Waals surface area contributed by atoms with Crippen LogP contribution in [0.3, 0.4) is 0 Å². The molecule has 5 heteroatoms. The molecule has 0 unspecified atom stereocenters. The number of primary amides is 1. The highest BCUT2D eigenvalue weighted by Crippen LogP contribution is 1.85. The number of nitrogens with two attached hydrogens (primary N) is 1. The third-order valence-electron chi connectivity index (χ3n) is 0.505. The van der Waals surface area contributed by atoms with Crippen molar-refractivity contribution in [3.63, 3.8) is 0 Å². The normalized spacial score (nSPS) is 8.00. The maximum Gasteiger partial charge on any atom is 0.326 e. The van der Waals surface area contributed by atoms with Gasteiger partial charge in [-0.05, 0) is 6.58 Å². The molecule has 0 saturated heterocycles. The predicted octanol–water partition coefficient (Wildman–Crippen LogP) is -0.738. The highest BCUT2D eigenvalue weighted by atomic mass is 16.6. The van der Waals surface area contributed by atoms with E-state index in [4.69, 9.17) is 0 Å². The maximum absolute atomic E-state index is 9.82. The van der Waals surface area contributed by atoms with Crippen LogP contribution in [0.5, 0.6) is 0 Å². The lowest BCUT2D eigenvalue weighted by Gasteiger charge is -1.84. The van der Waals surface area contributed by atoms with Gasteiger partial charge in [-0.2, -0.15) is 0 Å². The van der Waals surface area contributed by atoms with Gasteiger partial charge in [0.2, 0.25) is 0 Å². The van der Waals surface area contributed by atoms with E-state index in [1.807, 2.05) is 0 Å². The Morgan fingerprint density at radius 1 is 1.75 bits per heavy atom. The largest absolute Gasteiger partial charge is 0.360 e. The van der Waals surface area contributed by atoms with Crippen LogP contribution in [-0.4, -0.2) is 10.8 Å². The average molecular weight is 116 g/mol. The van der Waals surface area contributed by atoms with Crippen molar-refractivity contribution in [2.24, 2.45) is 5.73 Å². The van der Waals surface area contributed by atoms with E-state index < -0.39 is 16.5 Å². The van der Waals surface area contributed by atoms with Crippen molar-refractivity contribution in [3.8, 4) is 0 Å². The molecule has 0 heterocycles. The van der Waals surface area contributed by atoms with Gasteiger partial charge in [0.15, 0.2) is 0 Å². The first-order chi connectivity index (χ1) is 3.55. The van der Waals surface area contributed by atoms with E-state index in [-0.39, 0.29) is 0 Å². The van der Waals surface area contributed by atoms with Crippen molar-refractivity contribution < 1.29 is 9.72 Å². The summed E-state index contributed by atoms with van der Waals surface area (Å²) >= 11 is 0. The Morgan fingerprint density at radius 3 is 2.12 bits per heavy atom. The summed E-state index contributed by atoms with van der Waals surface area (Å²) in [5, 5.41) is 9.55. The second kappa shape index (κ2) is 2.06. The van der Waals surface area contributed by atoms with Crippen LogP contribution in [0.1, 0.15) is 0 Å². The second-order valence-corrected chi connectivity index (χ2v) is 1.07. The molecule has 0 aromatic carbocycles. The van der Waals surface area contributed by atoms with Crippen LogP contribution in [-0.2, 0) is 4.79 Å². The molecule has 8 heavy (non-hydrogen) atoms. The fraction of sp³-hybridized carbons (Fsp3) is 0. The number of hydrogen-bond donors (Lipinski definition) is 1. The van der Waals surface area contributed by atoms with Gasteiger partial charge < -0.3 is 5.73 Å². The van der Waals surface area contributed by atoms with Crippen LogP contribution in [0.25, 0.3) is 0 Å². The Morgan fingerprint density at radius 2 is 2.12 bits per heavy atom. The molecule has 0 spiro atoms. The Bertz CT molecular complexity index is 135. The predicted molar refractivity (Wildman–Crippen MR) is 25.3 cm³/mol. The fourth-order valence-corrected chi connectivity index (χ4v) is 0.0900. The third kappa shape index (κ3) is 1.38. The van der Waals surface area contributed by atoms with Crippen molar-refractivity contribution in [2.45, 2.75) is 0 Å². The minimum Gasteiger partial charge on any atom is -0.360 e. The van der Waals surface area contributed by atoms with Gasteiger partial charge >= 0.3 is 11.6 Å². The Labute approximate surface area is 44.9 Å². The molecule has 0 rings (SSSR count). The monoisotopic (exact) mass is 116 g/mol. The molecule has 0 saturated carbocycles. The van der Waals surface area contributed by atoms with Crippen LogP contribution in [0.4, 0.5) is 0 Å². The van der Waals surface area contributed by atoms with Crippen molar-refractivity contribution in [1.82, 2.24) is 0 Å². The molecule has 2 N–H and O–H groups in total. The van der Waals surface area contributed by atoms with Gasteiger partial charge in [-0.3, -0.25) is 14.9 Å². The van der Waals surface area contributed by atoms with Crippen LogP contribution in [0.15, 0.2) is 12.3 Å². The number of rotatable bonds is 2. The molecule has 0 aliphatic heterocycles. The van der Waals surface area contributed by atoms with Crippen molar-refractivity contribution in [3.05, 3.63) is 22.4 Å². The van der Waals surface area contributed by atoms with Crippen LogP contribution in [0.2, 0.25) is 0 Å². The number of hydrogen-bond acceptors (Lipinski definition) is 3. The standard InChI is InChI=1S/C3H4N2O3/c1-2(3(4)6)5(7)8/h1H2,(H2,4,6). The van der Waals surface area contributed by atoms with E-state index >= 15 is 0 Å². The zero-order valence-corrected chi connectivity index (χ0v) is 3.96. The molecule has 0 aliphatic carbocycles. The maximum atomic E-state index is 9.82. The average Bonchev–Trinajstić information content (AvgIpc) is 1.64. The molecule has 0 bridgehead atoms. The van der Waals surface area contributed by atoms with Crippen LogP contribution >= 0.6 is 0 Å². The summed E-state index contributed by atoms with van der Waals surface area (Å²) in [5.74, 6) is -1.10. The molecule has 5 nitrogen and oxygen atoms in total. The summed E-state index contributed by atoms with van der Waals surface area (Å²) < 4.78 is 0.